The number of ether oxygens (including phenoxy) is 4. The summed E-state index contributed by atoms with van der Waals surface area (Å²) in [6, 6.07) is 1.91. The Labute approximate surface area is 176 Å². The van der Waals surface area contributed by atoms with Crippen LogP contribution in [0.2, 0.25) is 0 Å². The molecule has 0 atom stereocenters. The Bertz CT molecular complexity index is 917. The highest BCUT2D eigenvalue weighted by Crippen LogP contribution is 2.33. The van der Waals surface area contributed by atoms with E-state index in [1.165, 1.54) is 0 Å². The zero-order valence-electron chi connectivity index (χ0n) is 17.8. The van der Waals surface area contributed by atoms with Gasteiger partial charge in [0.05, 0.1) is 32.1 Å². The third kappa shape index (κ3) is 5.57. The molecule has 2 aromatic heterocycles. The first-order chi connectivity index (χ1) is 14.5. The van der Waals surface area contributed by atoms with Gasteiger partial charge in [-0.05, 0) is 25.8 Å². The number of hydrogen-bond donors (Lipinski definition) is 0. The van der Waals surface area contributed by atoms with Crippen LogP contribution >= 0.6 is 0 Å². The molecule has 0 N–H and O–H groups in total. The average Bonchev–Trinajstić information content (AvgIpc) is 3.42. The van der Waals surface area contributed by atoms with Crippen molar-refractivity contribution < 1.29 is 18.9 Å². The molecule has 30 heavy (non-hydrogen) atoms. The SMILES string of the molecule is CCOCC#Cc1cnc(-c2cn(CC3OCC(C)(C)CO3)nn2)c(OC2CC2)c1. The normalized spacial score (nSPS) is 18.6. The van der Waals surface area contributed by atoms with Crippen LogP contribution in [0.15, 0.2) is 18.5 Å². The van der Waals surface area contributed by atoms with Gasteiger partial charge in [0, 0.05) is 23.8 Å². The molecule has 0 spiro atoms. The Balaban J connectivity index is 1.48. The van der Waals surface area contributed by atoms with Crippen LogP contribution in [-0.2, 0) is 20.8 Å². The number of hydrogen-bond acceptors (Lipinski definition) is 7. The van der Waals surface area contributed by atoms with Gasteiger partial charge >= 0.3 is 0 Å². The third-order valence-electron chi connectivity index (χ3n) is 4.72. The van der Waals surface area contributed by atoms with E-state index in [1.807, 2.05) is 19.2 Å². The molecule has 8 nitrogen and oxygen atoms in total. The van der Waals surface area contributed by atoms with Gasteiger partial charge in [0.2, 0.25) is 0 Å². The zero-order chi connectivity index (χ0) is 21.0. The average molecular weight is 412 g/mol. The van der Waals surface area contributed by atoms with Crippen molar-refractivity contribution in [3.8, 4) is 29.0 Å². The van der Waals surface area contributed by atoms with Crippen LogP contribution in [0.1, 0.15) is 39.2 Å². The molecule has 2 aromatic rings. The third-order valence-corrected chi connectivity index (χ3v) is 4.72. The molecule has 160 valence electrons. The molecule has 0 radical (unpaired) electrons. The highest BCUT2D eigenvalue weighted by atomic mass is 16.7. The van der Waals surface area contributed by atoms with Crippen molar-refractivity contribution in [3.05, 3.63) is 24.0 Å². The van der Waals surface area contributed by atoms with E-state index < -0.39 is 0 Å². The largest absolute Gasteiger partial charge is 0.488 e. The Kier molecular flexibility index (Phi) is 6.32. The van der Waals surface area contributed by atoms with Crippen LogP contribution in [0, 0.1) is 17.3 Å². The molecular weight excluding hydrogens is 384 g/mol. The molecule has 8 heteroatoms. The molecule has 2 fully saturated rings. The minimum absolute atomic E-state index is 0.0380. The van der Waals surface area contributed by atoms with Crippen LogP contribution < -0.4 is 4.74 Å². The molecule has 1 saturated heterocycles. The van der Waals surface area contributed by atoms with E-state index in [1.54, 1.807) is 10.9 Å². The van der Waals surface area contributed by atoms with Crippen molar-refractivity contribution >= 4 is 0 Å². The first kappa shape index (κ1) is 20.8. The van der Waals surface area contributed by atoms with Gasteiger partial charge < -0.3 is 18.9 Å². The lowest BCUT2D eigenvalue weighted by molar-refractivity contribution is -0.227. The summed E-state index contributed by atoms with van der Waals surface area (Å²) in [4.78, 5) is 4.56. The Hall–Kier alpha value is -2.47. The van der Waals surface area contributed by atoms with Crippen molar-refractivity contribution in [2.75, 3.05) is 26.4 Å². The minimum Gasteiger partial charge on any atom is -0.488 e. The van der Waals surface area contributed by atoms with Gasteiger partial charge in [-0.1, -0.05) is 30.9 Å². The molecule has 0 aromatic carbocycles. The first-order valence-electron chi connectivity index (χ1n) is 10.4. The van der Waals surface area contributed by atoms with Crippen LogP contribution in [-0.4, -0.2) is 58.8 Å². The van der Waals surface area contributed by atoms with Gasteiger partial charge in [0.15, 0.2) is 6.29 Å². The molecule has 0 bridgehead atoms. The van der Waals surface area contributed by atoms with Crippen LogP contribution in [0.3, 0.4) is 0 Å². The summed E-state index contributed by atoms with van der Waals surface area (Å²) in [5.74, 6) is 6.73. The molecular formula is C22H28N4O4. The fourth-order valence-electron chi connectivity index (χ4n) is 2.93. The van der Waals surface area contributed by atoms with Gasteiger partial charge in [-0.3, -0.25) is 0 Å². The van der Waals surface area contributed by atoms with E-state index in [-0.39, 0.29) is 17.8 Å². The monoisotopic (exact) mass is 412 g/mol. The van der Waals surface area contributed by atoms with Crippen molar-refractivity contribution in [1.82, 2.24) is 20.0 Å². The number of aromatic nitrogens is 4. The van der Waals surface area contributed by atoms with Gasteiger partial charge in [0.1, 0.15) is 23.7 Å². The highest BCUT2D eigenvalue weighted by molar-refractivity contribution is 5.63. The Morgan fingerprint density at radius 2 is 2.07 bits per heavy atom. The van der Waals surface area contributed by atoms with E-state index in [2.05, 4.69) is 41.0 Å². The zero-order valence-corrected chi connectivity index (χ0v) is 17.8. The second-order valence-electron chi connectivity index (χ2n) is 8.37. The lowest BCUT2D eigenvalue weighted by Crippen LogP contribution is -2.39. The molecule has 4 rings (SSSR count). The summed E-state index contributed by atoms with van der Waals surface area (Å²) in [5.41, 5.74) is 2.13. The minimum atomic E-state index is -0.328. The highest BCUT2D eigenvalue weighted by Gasteiger charge is 2.29. The van der Waals surface area contributed by atoms with Gasteiger partial charge in [-0.2, -0.15) is 0 Å². The van der Waals surface area contributed by atoms with Gasteiger partial charge in [-0.15, -0.1) is 5.10 Å². The number of pyridine rings is 1. The summed E-state index contributed by atoms with van der Waals surface area (Å²) in [7, 11) is 0. The predicted octanol–water partition coefficient (Wildman–Crippen LogP) is 2.67. The predicted molar refractivity (Wildman–Crippen MR) is 110 cm³/mol. The summed E-state index contributed by atoms with van der Waals surface area (Å²) in [5, 5.41) is 8.51. The fraction of sp³-hybridized carbons (Fsp3) is 0.591. The fourth-order valence-corrected chi connectivity index (χ4v) is 2.93. The second kappa shape index (κ2) is 9.13. The van der Waals surface area contributed by atoms with Crippen molar-refractivity contribution in [3.63, 3.8) is 0 Å². The lowest BCUT2D eigenvalue weighted by Gasteiger charge is -2.34. The number of nitrogens with zero attached hydrogens (tertiary/aromatic N) is 4. The van der Waals surface area contributed by atoms with E-state index in [4.69, 9.17) is 18.9 Å². The second-order valence-corrected chi connectivity index (χ2v) is 8.37. The summed E-state index contributed by atoms with van der Waals surface area (Å²) in [6.07, 6.45) is 5.58. The van der Waals surface area contributed by atoms with E-state index in [0.29, 0.717) is 50.1 Å². The van der Waals surface area contributed by atoms with Crippen LogP contribution in [0.4, 0.5) is 0 Å². The van der Waals surface area contributed by atoms with E-state index in [9.17, 15) is 0 Å². The van der Waals surface area contributed by atoms with E-state index in [0.717, 1.165) is 18.4 Å². The Morgan fingerprint density at radius 1 is 1.27 bits per heavy atom. The maximum atomic E-state index is 6.07. The molecule has 1 saturated carbocycles. The maximum Gasteiger partial charge on any atom is 0.177 e. The van der Waals surface area contributed by atoms with Crippen LogP contribution in [0.25, 0.3) is 11.4 Å². The van der Waals surface area contributed by atoms with Crippen LogP contribution in [0.5, 0.6) is 5.75 Å². The smallest absolute Gasteiger partial charge is 0.177 e. The van der Waals surface area contributed by atoms with Crippen molar-refractivity contribution in [2.45, 2.75) is 52.6 Å². The molecule has 2 aliphatic rings. The summed E-state index contributed by atoms with van der Waals surface area (Å²) >= 11 is 0. The molecule has 1 aliphatic heterocycles. The maximum absolute atomic E-state index is 6.07. The molecule has 1 aliphatic carbocycles. The topological polar surface area (TPSA) is 80.5 Å². The lowest BCUT2D eigenvalue weighted by atomic mass is 9.96. The van der Waals surface area contributed by atoms with E-state index >= 15 is 0 Å². The van der Waals surface area contributed by atoms with Crippen molar-refractivity contribution in [2.24, 2.45) is 5.41 Å². The molecule has 0 amide bonds. The molecule has 3 heterocycles. The number of rotatable bonds is 7. The van der Waals surface area contributed by atoms with Crippen molar-refractivity contribution in [1.29, 1.82) is 0 Å². The van der Waals surface area contributed by atoms with Gasteiger partial charge in [0.25, 0.3) is 0 Å². The Morgan fingerprint density at radius 3 is 2.80 bits per heavy atom. The molecule has 0 unspecified atom stereocenters. The van der Waals surface area contributed by atoms with Gasteiger partial charge in [-0.25, -0.2) is 9.67 Å². The summed E-state index contributed by atoms with van der Waals surface area (Å²) < 4.78 is 24.6. The quantitative estimate of drug-likeness (QED) is 0.511. The first-order valence-corrected chi connectivity index (χ1v) is 10.4. The summed E-state index contributed by atoms with van der Waals surface area (Å²) in [6.45, 7) is 9.02. The standard InChI is InChI=1S/C22H28N4O4/c1-4-27-9-5-6-16-10-19(30-17-7-8-17)21(23-11-16)18-12-26(25-24-18)13-20-28-14-22(2,3)15-29-20/h10-12,17,20H,4,7-9,13-15H2,1-3H3.